The number of likely N-dealkylation sites (N-methyl/N-ethyl adjacent to an activating group) is 1. The Labute approximate surface area is 205 Å². The zero-order chi connectivity index (χ0) is 23.9. The highest BCUT2D eigenvalue weighted by molar-refractivity contribution is 7.12. The minimum atomic E-state index is -0.195. The normalized spacial score (nSPS) is 14.6. The van der Waals surface area contributed by atoms with Crippen LogP contribution in [0, 0.1) is 0 Å². The van der Waals surface area contributed by atoms with Crippen molar-refractivity contribution < 1.29 is 9.59 Å². The molecule has 2 heterocycles. The van der Waals surface area contributed by atoms with E-state index in [1.807, 2.05) is 23.6 Å². The second-order valence-corrected chi connectivity index (χ2v) is 9.52. The highest BCUT2D eigenvalue weighted by Crippen LogP contribution is 2.23. The Morgan fingerprint density at radius 1 is 0.912 bits per heavy atom. The second-order valence-electron chi connectivity index (χ2n) is 8.57. The molecular formula is C27H32N4O2S. The maximum Gasteiger partial charge on any atom is 0.268 e. The zero-order valence-corrected chi connectivity index (χ0v) is 20.7. The Balaban J connectivity index is 1.34. The van der Waals surface area contributed by atoms with Gasteiger partial charge in [-0.25, -0.2) is 0 Å². The number of thiophene rings is 1. The van der Waals surface area contributed by atoms with Gasteiger partial charge in [0.1, 0.15) is 0 Å². The number of benzene rings is 2. The lowest BCUT2D eigenvalue weighted by molar-refractivity contribution is 0.0951. The molecule has 1 fully saturated rings. The van der Waals surface area contributed by atoms with Crippen LogP contribution in [0.2, 0.25) is 0 Å². The summed E-state index contributed by atoms with van der Waals surface area (Å²) in [5, 5.41) is 4.88. The Morgan fingerprint density at radius 3 is 2.26 bits per heavy atom. The summed E-state index contributed by atoms with van der Waals surface area (Å²) >= 11 is 1.39. The van der Waals surface area contributed by atoms with E-state index in [1.165, 1.54) is 21.8 Å². The first-order chi connectivity index (χ1) is 16.5. The summed E-state index contributed by atoms with van der Waals surface area (Å²) in [6.45, 7) is 9.22. The van der Waals surface area contributed by atoms with Crippen LogP contribution in [0.4, 0.5) is 5.69 Å². The molecule has 0 saturated carbocycles. The van der Waals surface area contributed by atoms with Crippen LogP contribution in [0.1, 0.15) is 38.1 Å². The first kappa shape index (κ1) is 24.1. The molecule has 178 valence electrons. The van der Waals surface area contributed by atoms with Crippen LogP contribution in [-0.4, -0.2) is 61.4 Å². The van der Waals surface area contributed by atoms with Crippen LogP contribution >= 0.6 is 11.3 Å². The van der Waals surface area contributed by atoms with Gasteiger partial charge in [-0.15, -0.1) is 11.3 Å². The molecule has 0 radical (unpaired) electrons. The van der Waals surface area contributed by atoms with Gasteiger partial charge in [-0.05, 0) is 41.3 Å². The van der Waals surface area contributed by atoms with Gasteiger partial charge in [0.25, 0.3) is 11.8 Å². The zero-order valence-electron chi connectivity index (χ0n) is 19.9. The van der Waals surface area contributed by atoms with Crippen molar-refractivity contribution >= 4 is 28.8 Å². The Bertz CT molecular complexity index is 1090. The van der Waals surface area contributed by atoms with Crippen molar-refractivity contribution in [2.24, 2.45) is 0 Å². The van der Waals surface area contributed by atoms with E-state index in [0.29, 0.717) is 22.7 Å². The first-order valence-electron chi connectivity index (χ1n) is 11.8. The minimum Gasteiger partial charge on any atom is -0.348 e. The number of hydrogen-bond acceptors (Lipinski definition) is 5. The van der Waals surface area contributed by atoms with E-state index < -0.39 is 0 Å². The van der Waals surface area contributed by atoms with Crippen molar-refractivity contribution in [2.45, 2.75) is 20.0 Å². The summed E-state index contributed by atoms with van der Waals surface area (Å²) in [5.74, 6) is -0.318. The van der Waals surface area contributed by atoms with Crippen molar-refractivity contribution in [3.05, 3.63) is 87.6 Å². The second kappa shape index (κ2) is 11.4. The molecule has 0 aliphatic carbocycles. The van der Waals surface area contributed by atoms with E-state index >= 15 is 0 Å². The van der Waals surface area contributed by atoms with Gasteiger partial charge in [-0.1, -0.05) is 49.4 Å². The van der Waals surface area contributed by atoms with Crippen molar-refractivity contribution in [3.8, 4) is 0 Å². The highest BCUT2D eigenvalue weighted by atomic mass is 32.1. The Hall–Kier alpha value is -3.00. The third-order valence-electron chi connectivity index (χ3n) is 6.34. The van der Waals surface area contributed by atoms with E-state index in [2.05, 4.69) is 46.3 Å². The SMILES string of the molecule is CCN1CCN(Cc2ccc(CNC(=O)c3ccccc3N(C)C(=O)c3cccs3)cc2)CC1. The molecule has 4 rings (SSSR count). The summed E-state index contributed by atoms with van der Waals surface area (Å²) in [7, 11) is 1.70. The van der Waals surface area contributed by atoms with Gasteiger partial charge >= 0.3 is 0 Å². The van der Waals surface area contributed by atoms with Gasteiger partial charge in [-0.2, -0.15) is 0 Å². The molecule has 1 aromatic heterocycles. The number of nitrogens with zero attached hydrogens (tertiary/aromatic N) is 3. The van der Waals surface area contributed by atoms with Crippen LogP contribution in [0.15, 0.2) is 66.0 Å². The summed E-state index contributed by atoms with van der Waals surface area (Å²) in [4.78, 5) is 32.9. The number of carbonyl (C=O) groups excluding carboxylic acids is 2. The molecule has 0 bridgehead atoms. The van der Waals surface area contributed by atoms with E-state index in [9.17, 15) is 9.59 Å². The topological polar surface area (TPSA) is 55.9 Å². The van der Waals surface area contributed by atoms with Gasteiger partial charge in [-0.3, -0.25) is 14.5 Å². The third kappa shape index (κ3) is 5.91. The fourth-order valence-electron chi connectivity index (χ4n) is 4.19. The van der Waals surface area contributed by atoms with Crippen LogP contribution in [-0.2, 0) is 13.1 Å². The summed E-state index contributed by atoms with van der Waals surface area (Å²) < 4.78 is 0. The standard InChI is InChI=1S/C27H32N4O2S/c1-3-30-14-16-31(17-15-30)20-22-12-10-21(11-13-22)19-28-26(32)23-7-4-5-8-24(23)29(2)27(33)25-9-6-18-34-25/h4-13,18H,3,14-17,19-20H2,1-2H3,(H,28,32). The predicted octanol–water partition coefficient (Wildman–Crippen LogP) is 4.09. The number of piperazine rings is 1. The molecule has 1 N–H and O–H groups in total. The fraction of sp³-hybridized carbons (Fsp3) is 0.333. The molecule has 7 heteroatoms. The molecule has 2 amide bonds. The van der Waals surface area contributed by atoms with E-state index in [-0.39, 0.29) is 11.8 Å². The molecule has 1 aliphatic heterocycles. The van der Waals surface area contributed by atoms with Crippen molar-refractivity contribution in [1.82, 2.24) is 15.1 Å². The average molecular weight is 477 g/mol. The number of anilines is 1. The lowest BCUT2D eigenvalue weighted by atomic mass is 10.1. The average Bonchev–Trinajstić information content (AvgIpc) is 3.43. The van der Waals surface area contributed by atoms with Crippen LogP contribution < -0.4 is 10.2 Å². The number of rotatable bonds is 8. The van der Waals surface area contributed by atoms with Crippen molar-refractivity contribution in [1.29, 1.82) is 0 Å². The van der Waals surface area contributed by atoms with E-state index in [1.54, 1.807) is 25.2 Å². The molecule has 3 aromatic rings. The van der Waals surface area contributed by atoms with Gasteiger partial charge in [0.05, 0.1) is 16.1 Å². The quantitative estimate of drug-likeness (QED) is 0.532. The maximum atomic E-state index is 13.0. The van der Waals surface area contributed by atoms with Crippen LogP contribution in [0.25, 0.3) is 0 Å². The minimum absolute atomic E-state index is 0.123. The molecule has 0 spiro atoms. The fourth-order valence-corrected chi connectivity index (χ4v) is 4.89. The lowest BCUT2D eigenvalue weighted by Crippen LogP contribution is -2.45. The summed E-state index contributed by atoms with van der Waals surface area (Å²) in [6.07, 6.45) is 0. The van der Waals surface area contributed by atoms with Crippen LogP contribution in [0.3, 0.4) is 0 Å². The number of amides is 2. The molecule has 1 aliphatic rings. The molecular weight excluding hydrogens is 444 g/mol. The highest BCUT2D eigenvalue weighted by Gasteiger charge is 2.20. The summed E-state index contributed by atoms with van der Waals surface area (Å²) in [5.41, 5.74) is 3.42. The predicted molar refractivity (Wildman–Crippen MR) is 138 cm³/mol. The number of nitrogens with one attached hydrogen (secondary N) is 1. The van der Waals surface area contributed by atoms with Gasteiger partial charge in [0.15, 0.2) is 0 Å². The largest absolute Gasteiger partial charge is 0.348 e. The Morgan fingerprint density at radius 2 is 1.59 bits per heavy atom. The number of hydrogen-bond donors (Lipinski definition) is 1. The third-order valence-corrected chi connectivity index (χ3v) is 7.20. The van der Waals surface area contributed by atoms with Crippen molar-refractivity contribution in [2.75, 3.05) is 44.7 Å². The molecule has 0 atom stereocenters. The van der Waals surface area contributed by atoms with Crippen LogP contribution in [0.5, 0.6) is 0 Å². The van der Waals surface area contributed by atoms with Gasteiger partial charge in [0, 0.05) is 46.3 Å². The molecule has 34 heavy (non-hydrogen) atoms. The maximum absolute atomic E-state index is 13.0. The number of carbonyl (C=O) groups is 2. The molecule has 6 nitrogen and oxygen atoms in total. The van der Waals surface area contributed by atoms with E-state index in [4.69, 9.17) is 0 Å². The lowest BCUT2D eigenvalue weighted by Gasteiger charge is -2.34. The summed E-state index contributed by atoms with van der Waals surface area (Å²) in [6, 6.07) is 19.3. The monoisotopic (exact) mass is 476 g/mol. The van der Waals surface area contributed by atoms with Gasteiger partial charge < -0.3 is 15.1 Å². The van der Waals surface area contributed by atoms with Crippen molar-refractivity contribution in [3.63, 3.8) is 0 Å². The number of para-hydroxylation sites is 1. The first-order valence-corrected chi connectivity index (χ1v) is 12.6. The molecule has 2 aromatic carbocycles. The Kier molecular flexibility index (Phi) is 8.11. The molecule has 1 saturated heterocycles. The smallest absolute Gasteiger partial charge is 0.268 e. The molecule has 0 unspecified atom stereocenters. The van der Waals surface area contributed by atoms with Gasteiger partial charge in [0.2, 0.25) is 0 Å². The van der Waals surface area contributed by atoms with E-state index in [0.717, 1.165) is 44.8 Å².